The Balaban J connectivity index is 2.32. The first-order valence-corrected chi connectivity index (χ1v) is 4.82. The molecule has 1 heterocycles. The molecular weight excluding hydrogens is 164 g/mol. The van der Waals surface area contributed by atoms with Gasteiger partial charge in [0.25, 0.3) is 0 Å². The van der Waals surface area contributed by atoms with Gasteiger partial charge in [-0.05, 0) is 33.2 Å². The molecule has 0 aliphatic carbocycles. The van der Waals surface area contributed by atoms with Crippen LogP contribution in [0.3, 0.4) is 0 Å². The van der Waals surface area contributed by atoms with Gasteiger partial charge in [0, 0.05) is 6.54 Å². The predicted octanol–water partition coefficient (Wildman–Crippen LogP) is 1.02. The van der Waals surface area contributed by atoms with E-state index in [0.717, 1.165) is 37.6 Å². The highest BCUT2D eigenvalue weighted by atomic mass is 15.3. The van der Waals surface area contributed by atoms with Gasteiger partial charge < -0.3 is 5.73 Å². The second-order valence-corrected chi connectivity index (χ2v) is 3.28. The maximum absolute atomic E-state index is 5.41. The molecule has 1 rings (SSSR count). The number of hydrogen-bond donors (Lipinski definition) is 1. The normalized spacial score (nSPS) is 10.7. The maximum Gasteiger partial charge on any atom is 0.147 e. The molecule has 0 atom stereocenters. The molecule has 1 aromatic heterocycles. The van der Waals surface area contributed by atoms with Crippen LogP contribution in [0.5, 0.6) is 0 Å². The van der Waals surface area contributed by atoms with Crippen molar-refractivity contribution < 1.29 is 0 Å². The van der Waals surface area contributed by atoms with E-state index in [-0.39, 0.29) is 0 Å². The van der Waals surface area contributed by atoms with E-state index < -0.39 is 0 Å². The van der Waals surface area contributed by atoms with Gasteiger partial charge in [-0.3, -0.25) is 4.68 Å². The number of aryl methyl sites for hydroxylation is 3. The summed E-state index contributed by atoms with van der Waals surface area (Å²) in [5.74, 6) is 1.86. The zero-order chi connectivity index (χ0) is 9.68. The standard InChI is InChI=1S/C9H18N4/c1-8-11-9(2)13(12-8)7-5-3-4-6-10/h3-7,10H2,1-2H3. The summed E-state index contributed by atoms with van der Waals surface area (Å²) in [5.41, 5.74) is 5.41. The molecule has 0 fully saturated rings. The quantitative estimate of drug-likeness (QED) is 0.692. The monoisotopic (exact) mass is 182 g/mol. The molecular formula is C9H18N4. The fourth-order valence-corrected chi connectivity index (χ4v) is 1.36. The lowest BCUT2D eigenvalue weighted by atomic mass is 10.2. The maximum atomic E-state index is 5.41. The SMILES string of the molecule is Cc1nc(C)n(CCCCCN)n1. The van der Waals surface area contributed by atoms with Gasteiger partial charge in [0.05, 0.1) is 0 Å². The molecule has 4 heteroatoms. The van der Waals surface area contributed by atoms with Gasteiger partial charge in [0.2, 0.25) is 0 Å². The van der Waals surface area contributed by atoms with Crippen molar-refractivity contribution in [1.29, 1.82) is 0 Å². The van der Waals surface area contributed by atoms with E-state index in [1.54, 1.807) is 0 Å². The van der Waals surface area contributed by atoms with E-state index in [4.69, 9.17) is 5.73 Å². The zero-order valence-electron chi connectivity index (χ0n) is 8.45. The largest absolute Gasteiger partial charge is 0.330 e. The molecule has 0 aliphatic rings. The summed E-state index contributed by atoms with van der Waals surface area (Å²) in [6.07, 6.45) is 3.42. The van der Waals surface area contributed by atoms with Crippen LogP contribution < -0.4 is 5.73 Å². The molecule has 0 bridgehead atoms. The smallest absolute Gasteiger partial charge is 0.147 e. The molecule has 0 aromatic carbocycles. The van der Waals surface area contributed by atoms with Crippen LogP contribution in [0.15, 0.2) is 0 Å². The van der Waals surface area contributed by atoms with Gasteiger partial charge in [-0.1, -0.05) is 6.42 Å². The van der Waals surface area contributed by atoms with Crippen LogP contribution in [0.1, 0.15) is 30.9 Å². The van der Waals surface area contributed by atoms with Crippen molar-refractivity contribution in [3.05, 3.63) is 11.6 Å². The number of nitrogens with zero attached hydrogens (tertiary/aromatic N) is 3. The Morgan fingerprint density at radius 2 is 2.00 bits per heavy atom. The Morgan fingerprint density at radius 3 is 2.54 bits per heavy atom. The lowest BCUT2D eigenvalue weighted by molar-refractivity contribution is 0.532. The van der Waals surface area contributed by atoms with E-state index >= 15 is 0 Å². The molecule has 0 spiro atoms. The van der Waals surface area contributed by atoms with Crippen molar-refractivity contribution in [3.63, 3.8) is 0 Å². The van der Waals surface area contributed by atoms with Crippen LogP contribution in [0.4, 0.5) is 0 Å². The third-order valence-electron chi connectivity index (χ3n) is 2.04. The zero-order valence-corrected chi connectivity index (χ0v) is 8.45. The van der Waals surface area contributed by atoms with E-state index in [1.807, 2.05) is 18.5 Å². The number of nitrogens with two attached hydrogens (primary N) is 1. The van der Waals surface area contributed by atoms with Crippen molar-refractivity contribution in [2.75, 3.05) is 6.54 Å². The lowest BCUT2D eigenvalue weighted by Gasteiger charge is -2.01. The summed E-state index contributed by atoms with van der Waals surface area (Å²) in [5, 5.41) is 4.28. The highest BCUT2D eigenvalue weighted by Crippen LogP contribution is 2.00. The number of unbranched alkanes of at least 4 members (excludes halogenated alkanes) is 2. The van der Waals surface area contributed by atoms with Crippen molar-refractivity contribution in [3.8, 4) is 0 Å². The summed E-state index contributed by atoms with van der Waals surface area (Å²) in [7, 11) is 0. The fraction of sp³-hybridized carbons (Fsp3) is 0.778. The van der Waals surface area contributed by atoms with E-state index in [9.17, 15) is 0 Å². The van der Waals surface area contributed by atoms with Gasteiger partial charge >= 0.3 is 0 Å². The number of aromatic nitrogens is 3. The third-order valence-corrected chi connectivity index (χ3v) is 2.04. The number of rotatable bonds is 5. The molecule has 0 radical (unpaired) electrons. The van der Waals surface area contributed by atoms with E-state index in [1.165, 1.54) is 6.42 Å². The molecule has 0 amide bonds. The van der Waals surface area contributed by atoms with Crippen LogP contribution in [0.2, 0.25) is 0 Å². The first-order chi connectivity index (χ1) is 6.24. The van der Waals surface area contributed by atoms with Gasteiger partial charge in [-0.25, -0.2) is 4.98 Å². The Hall–Kier alpha value is -0.900. The summed E-state index contributed by atoms with van der Waals surface area (Å²) in [6.45, 7) is 5.66. The predicted molar refractivity (Wildman–Crippen MR) is 52.4 cm³/mol. The molecule has 0 saturated carbocycles. The first kappa shape index (κ1) is 10.2. The van der Waals surface area contributed by atoms with Crippen molar-refractivity contribution in [2.24, 2.45) is 5.73 Å². The van der Waals surface area contributed by atoms with Crippen molar-refractivity contribution in [2.45, 2.75) is 39.7 Å². The fourth-order valence-electron chi connectivity index (χ4n) is 1.36. The van der Waals surface area contributed by atoms with Crippen LogP contribution in [-0.2, 0) is 6.54 Å². The summed E-state index contributed by atoms with van der Waals surface area (Å²) in [6, 6.07) is 0. The second-order valence-electron chi connectivity index (χ2n) is 3.28. The average Bonchev–Trinajstić information content (AvgIpc) is 2.39. The van der Waals surface area contributed by atoms with Crippen LogP contribution in [0, 0.1) is 13.8 Å². The minimum Gasteiger partial charge on any atom is -0.330 e. The molecule has 13 heavy (non-hydrogen) atoms. The molecule has 74 valence electrons. The highest BCUT2D eigenvalue weighted by molar-refractivity contribution is 4.87. The van der Waals surface area contributed by atoms with E-state index in [0.29, 0.717) is 0 Å². The van der Waals surface area contributed by atoms with Gasteiger partial charge in [-0.15, -0.1) is 0 Å². The second kappa shape index (κ2) is 4.97. The Bertz CT molecular complexity index is 254. The third kappa shape index (κ3) is 3.14. The molecule has 1 aromatic rings. The Morgan fingerprint density at radius 1 is 1.23 bits per heavy atom. The molecule has 4 nitrogen and oxygen atoms in total. The van der Waals surface area contributed by atoms with Crippen molar-refractivity contribution >= 4 is 0 Å². The minimum atomic E-state index is 0.787. The first-order valence-electron chi connectivity index (χ1n) is 4.82. The van der Waals surface area contributed by atoms with Gasteiger partial charge in [-0.2, -0.15) is 5.10 Å². The lowest BCUT2D eigenvalue weighted by Crippen LogP contribution is -2.04. The average molecular weight is 182 g/mol. The summed E-state index contributed by atoms with van der Waals surface area (Å²) >= 11 is 0. The molecule has 0 aliphatic heterocycles. The molecule has 2 N–H and O–H groups in total. The van der Waals surface area contributed by atoms with Gasteiger partial charge in [0.1, 0.15) is 11.6 Å². The summed E-state index contributed by atoms with van der Waals surface area (Å²) in [4.78, 5) is 4.24. The molecule has 0 saturated heterocycles. The van der Waals surface area contributed by atoms with Crippen LogP contribution in [0.25, 0.3) is 0 Å². The summed E-state index contributed by atoms with van der Waals surface area (Å²) < 4.78 is 1.96. The minimum absolute atomic E-state index is 0.787. The topological polar surface area (TPSA) is 56.7 Å². The van der Waals surface area contributed by atoms with E-state index in [2.05, 4.69) is 10.1 Å². The number of hydrogen-bond acceptors (Lipinski definition) is 3. The van der Waals surface area contributed by atoms with Crippen LogP contribution >= 0.6 is 0 Å². The molecule has 0 unspecified atom stereocenters. The Kier molecular flexibility index (Phi) is 3.89. The Labute approximate surface area is 79.2 Å². The van der Waals surface area contributed by atoms with Crippen molar-refractivity contribution in [1.82, 2.24) is 14.8 Å². The highest BCUT2D eigenvalue weighted by Gasteiger charge is 2.00. The van der Waals surface area contributed by atoms with Gasteiger partial charge in [0.15, 0.2) is 0 Å². The van der Waals surface area contributed by atoms with Crippen LogP contribution in [-0.4, -0.2) is 21.3 Å².